The van der Waals surface area contributed by atoms with Gasteiger partial charge in [-0.25, -0.2) is 0 Å². The van der Waals surface area contributed by atoms with Gasteiger partial charge in [-0.2, -0.15) is 0 Å². The Morgan fingerprint density at radius 1 is 0.964 bits per heavy atom. The Morgan fingerprint density at radius 3 is 2.21 bits per heavy atom. The van der Waals surface area contributed by atoms with Crippen LogP contribution in [0.5, 0.6) is 0 Å². The van der Waals surface area contributed by atoms with Crippen molar-refractivity contribution in [2.45, 2.75) is 44.6 Å². The molecule has 0 radical (unpaired) electrons. The van der Waals surface area contributed by atoms with Crippen molar-refractivity contribution < 1.29 is 9.59 Å². The molecule has 0 bridgehead atoms. The maximum absolute atomic E-state index is 12.6. The highest BCUT2D eigenvalue weighted by atomic mass is 16.2. The van der Waals surface area contributed by atoms with Crippen molar-refractivity contribution in [3.63, 3.8) is 0 Å². The summed E-state index contributed by atoms with van der Waals surface area (Å²) in [7, 11) is 1.90. The van der Waals surface area contributed by atoms with Gasteiger partial charge in [0.2, 0.25) is 11.8 Å². The number of hydrogen-bond donors (Lipinski definition) is 1. The van der Waals surface area contributed by atoms with Crippen molar-refractivity contribution >= 4 is 23.6 Å². The van der Waals surface area contributed by atoms with Gasteiger partial charge in [0.05, 0.1) is 0 Å². The second kappa shape index (κ2) is 9.36. The summed E-state index contributed by atoms with van der Waals surface area (Å²) < 4.78 is 0. The van der Waals surface area contributed by atoms with E-state index in [1.165, 1.54) is 12.5 Å². The number of nitrogens with zero attached hydrogens (tertiary/aromatic N) is 1. The lowest BCUT2D eigenvalue weighted by molar-refractivity contribution is -0.127. The van der Waals surface area contributed by atoms with Crippen LogP contribution in [0.25, 0.3) is 6.08 Å². The third-order valence-corrected chi connectivity index (χ3v) is 5.51. The topological polar surface area (TPSA) is 49.4 Å². The third kappa shape index (κ3) is 5.32. The fraction of sp³-hybridized carbons (Fsp3) is 0.333. The standard InChI is InChI=1S/C24H28N2O2/c1-18(27)25-22-13-8-19(9-14-22)10-17-24(28)26(2)23-15-11-21(12-16-23)20-6-4-3-5-7-20/h3-10,13-14,17,21,23H,11-12,15-16H2,1-2H3,(H,25,27)/b17-10+. The highest BCUT2D eigenvalue weighted by Gasteiger charge is 2.26. The van der Waals surface area contributed by atoms with Crippen LogP contribution in [0.3, 0.4) is 0 Å². The number of benzene rings is 2. The minimum Gasteiger partial charge on any atom is -0.339 e. The molecule has 0 spiro atoms. The molecule has 1 N–H and O–H groups in total. The fourth-order valence-corrected chi connectivity index (χ4v) is 3.87. The zero-order valence-electron chi connectivity index (χ0n) is 16.6. The first kappa shape index (κ1) is 19.9. The van der Waals surface area contributed by atoms with Crippen LogP contribution in [0, 0.1) is 0 Å². The molecule has 3 rings (SSSR count). The lowest BCUT2D eigenvalue weighted by atomic mass is 9.81. The SMILES string of the molecule is CC(=O)Nc1ccc(/C=C/C(=O)N(C)C2CCC(c3ccccc3)CC2)cc1. The van der Waals surface area contributed by atoms with Gasteiger partial charge in [0.1, 0.15) is 0 Å². The maximum Gasteiger partial charge on any atom is 0.246 e. The van der Waals surface area contributed by atoms with Gasteiger partial charge in [0.25, 0.3) is 0 Å². The molecule has 28 heavy (non-hydrogen) atoms. The van der Waals surface area contributed by atoms with Crippen molar-refractivity contribution in [3.8, 4) is 0 Å². The molecule has 2 aromatic carbocycles. The van der Waals surface area contributed by atoms with Gasteiger partial charge in [-0.1, -0.05) is 42.5 Å². The van der Waals surface area contributed by atoms with E-state index in [-0.39, 0.29) is 11.8 Å². The number of carbonyl (C=O) groups excluding carboxylic acids is 2. The second-order valence-electron chi connectivity index (χ2n) is 7.50. The molecular formula is C24H28N2O2. The summed E-state index contributed by atoms with van der Waals surface area (Å²) in [6.07, 6.45) is 7.80. The average Bonchev–Trinajstić information content (AvgIpc) is 2.73. The number of anilines is 1. The number of carbonyl (C=O) groups is 2. The first-order chi connectivity index (χ1) is 13.5. The van der Waals surface area contributed by atoms with E-state index >= 15 is 0 Å². The van der Waals surface area contributed by atoms with Crippen LogP contribution >= 0.6 is 0 Å². The normalized spacial score (nSPS) is 19.4. The largest absolute Gasteiger partial charge is 0.339 e. The number of amides is 2. The molecule has 0 aromatic heterocycles. The van der Waals surface area contributed by atoms with E-state index in [1.54, 1.807) is 6.08 Å². The van der Waals surface area contributed by atoms with Gasteiger partial charge in [-0.3, -0.25) is 9.59 Å². The average molecular weight is 377 g/mol. The van der Waals surface area contributed by atoms with Crippen LogP contribution in [0.2, 0.25) is 0 Å². The van der Waals surface area contributed by atoms with Crippen LogP contribution in [0.4, 0.5) is 5.69 Å². The number of likely N-dealkylation sites (N-methyl/N-ethyl adjacent to an activating group) is 1. The highest BCUT2D eigenvalue weighted by molar-refractivity contribution is 5.92. The molecule has 2 aromatic rings. The Labute approximate surface area is 167 Å². The smallest absolute Gasteiger partial charge is 0.246 e. The Balaban J connectivity index is 1.52. The molecule has 1 aliphatic carbocycles. The van der Waals surface area contributed by atoms with E-state index < -0.39 is 0 Å². The summed E-state index contributed by atoms with van der Waals surface area (Å²) in [6, 6.07) is 18.4. The van der Waals surface area contributed by atoms with E-state index in [0.717, 1.165) is 36.9 Å². The maximum atomic E-state index is 12.6. The van der Waals surface area contributed by atoms with Crippen molar-refractivity contribution in [2.75, 3.05) is 12.4 Å². The molecule has 1 fully saturated rings. The second-order valence-corrected chi connectivity index (χ2v) is 7.50. The van der Waals surface area contributed by atoms with Crippen LogP contribution in [-0.2, 0) is 9.59 Å². The van der Waals surface area contributed by atoms with E-state index in [0.29, 0.717) is 12.0 Å². The Morgan fingerprint density at radius 2 is 1.61 bits per heavy atom. The molecular weight excluding hydrogens is 348 g/mol. The summed E-state index contributed by atoms with van der Waals surface area (Å²) in [5.74, 6) is 0.551. The van der Waals surface area contributed by atoms with Crippen molar-refractivity contribution in [1.82, 2.24) is 4.90 Å². The molecule has 1 aliphatic rings. The Hall–Kier alpha value is -2.88. The predicted molar refractivity (Wildman–Crippen MR) is 114 cm³/mol. The summed E-state index contributed by atoms with van der Waals surface area (Å²) >= 11 is 0. The summed E-state index contributed by atoms with van der Waals surface area (Å²) in [5.41, 5.74) is 3.10. The first-order valence-electron chi connectivity index (χ1n) is 9.90. The zero-order valence-corrected chi connectivity index (χ0v) is 16.6. The molecule has 1 saturated carbocycles. The molecule has 0 unspecified atom stereocenters. The highest BCUT2D eigenvalue weighted by Crippen LogP contribution is 2.34. The molecule has 4 nitrogen and oxygen atoms in total. The summed E-state index contributed by atoms with van der Waals surface area (Å²) in [5, 5.41) is 2.74. The van der Waals surface area contributed by atoms with E-state index in [1.807, 2.05) is 42.3 Å². The predicted octanol–water partition coefficient (Wildman–Crippen LogP) is 4.84. The monoisotopic (exact) mass is 376 g/mol. The zero-order chi connectivity index (χ0) is 19.9. The minimum atomic E-state index is -0.0953. The fourth-order valence-electron chi connectivity index (χ4n) is 3.87. The molecule has 0 aliphatic heterocycles. The molecule has 0 heterocycles. The van der Waals surface area contributed by atoms with E-state index in [2.05, 4.69) is 35.6 Å². The lowest BCUT2D eigenvalue weighted by Gasteiger charge is -2.34. The van der Waals surface area contributed by atoms with Crippen molar-refractivity contribution in [3.05, 3.63) is 71.8 Å². The van der Waals surface area contributed by atoms with Gasteiger partial charge < -0.3 is 10.2 Å². The molecule has 0 atom stereocenters. The first-order valence-corrected chi connectivity index (χ1v) is 9.90. The number of nitrogens with one attached hydrogen (secondary N) is 1. The lowest BCUT2D eigenvalue weighted by Crippen LogP contribution is -2.38. The van der Waals surface area contributed by atoms with Gasteiger partial charge >= 0.3 is 0 Å². The number of hydrogen-bond acceptors (Lipinski definition) is 2. The van der Waals surface area contributed by atoms with Gasteiger partial charge in [0.15, 0.2) is 0 Å². The summed E-state index contributed by atoms with van der Waals surface area (Å²) in [4.78, 5) is 25.5. The van der Waals surface area contributed by atoms with Gasteiger partial charge in [0, 0.05) is 31.8 Å². The van der Waals surface area contributed by atoms with Crippen molar-refractivity contribution in [1.29, 1.82) is 0 Å². The van der Waals surface area contributed by atoms with E-state index in [9.17, 15) is 9.59 Å². The minimum absolute atomic E-state index is 0.0362. The molecule has 4 heteroatoms. The number of rotatable bonds is 5. The van der Waals surface area contributed by atoms with Crippen molar-refractivity contribution in [2.24, 2.45) is 0 Å². The summed E-state index contributed by atoms with van der Waals surface area (Å²) in [6.45, 7) is 1.48. The van der Waals surface area contributed by atoms with Gasteiger partial charge in [-0.15, -0.1) is 0 Å². The Kier molecular flexibility index (Phi) is 6.64. The van der Waals surface area contributed by atoms with Crippen LogP contribution in [0.1, 0.15) is 49.7 Å². The van der Waals surface area contributed by atoms with E-state index in [4.69, 9.17) is 0 Å². The molecule has 146 valence electrons. The molecule has 0 saturated heterocycles. The van der Waals surface area contributed by atoms with Crippen LogP contribution < -0.4 is 5.32 Å². The van der Waals surface area contributed by atoms with Crippen LogP contribution in [0.15, 0.2) is 60.7 Å². The molecule has 2 amide bonds. The van der Waals surface area contributed by atoms with Crippen LogP contribution in [-0.4, -0.2) is 29.8 Å². The third-order valence-electron chi connectivity index (χ3n) is 5.51. The quantitative estimate of drug-likeness (QED) is 0.759. The Bertz CT molecular complexity index is 819. The van der Waals surface area contributed by atoms with Gasteiger partial charge in [-0.05, 0) is 60.9 Å².